The van der Waals surface area contributed by atoms with Crippen LogP contribution >= 0.6 is 11.6 Å². The fourth-order valence-corrected chi connectivity index (χ4v) is 1.38. The van der Waals surface area contributed by atoms with Crippen LogP contribution in [0, 0.1) is 10.1 Å². The Morgan fingerprint density at radius 3 is 3.00 bits per heavy atom. The molecule has 2 heterocycles. The Labute approximate surface area is 83.3 Å². The maximum Gasteiger partial charge on any atom is 0.307 e. The van der Waals surface area contributed by atoms with Gasteiger partial charge in [-0.1, -0.05) is 11.6 Å². The van der Waals surface area contributed by atoms with Crippen molar-refractivity contribution < 1.29 is 4.92 Å². The van der Waals surface area contributed by atoms with E-state index in [9.17, 15) is 10.1 Å². The van der Waals surface area contributed by atoms with E-state index >= 15 is 0 Å². The largest absolute Gasteiger partial charge is 0.307 e. The SMILES string of the molecule is Cn1ncc2cc([N+](=O)[O-])c(Cl)nc21. The van der Waals surface area contributed by atoms with Crippen LogP contribution in [0.2, 0.25) is 5.15 Å². The predicted molar refractivity (Wildman–Crippen MR) is 50.2 cm³/mol. The van der Waals surface area contributed by atoms with Crippen LogP contribution in [0.25, 0.3) is 11.0 Å². The van der Waals surface area contributed by atoms with Crippen LogP contribution < -0.4 is 0 Å². The molecule has 0 N–H and O–H groups in total. The van der Waals surface area contributed by atoms with Gasteiger partial charge in [-0.15, -0.1) is 0 Å². The number of hydrogen-bond acceptors (Lipinski definition) is 4. The van der Waals surface area contributed by atoms with Gasteiger partial charge in [0.15, 0.2) is 5.65 Å². The second kappa shape index (κ2) is 2.91. The van der Waals surface area contributed by atoms with Gasteiger partial charge < -0.3 is 0 Å². The molecule has 0 aromatic carbocycles. The van der Waals surface area contributed by atoms with Gasteiger partial charge >= 0.3 is 5.69 Å². The first kappa shape index (κ1) is 8.89. The molecule has 0 aliphatic heterocycles. The molecule has 2 aromatic heterocycles. The van der Waals surface area contributed by atoms with Gasteiger partial charge in [-0.2, -0.15) is 5.10 Å². The first-order chi connectivity index (χ1) is 6.59. The lowest BCUT2D eigenvalue weighted by Gasteiger charge is -1.95. The first-order valence-electron chi connectivity index (χ1n) is 3.72. The molecular formula is C7H5ClN4O2. The van der Waals surface area contributed by atoms with E-state index in [0.717, 1.165) is 0 Å². The number of fused-ring (bicyclic) bond motifs is 1. The lowest BCUT2D eigenvalue weighted by molar-refractivity contribution is -0.384. The van der Waals surface area contributed by atoms with E-state index in [1.807, 2.05) is 0 Å². The summed E-state index contributed by atoms with van der Waals surface area (Å²) >= 11 is 5.63. The number of aromatic nitrogens is 3. The summed E-state index contributed by atoms with van der Waals surface area (Å²) in [4.78, 5) is 13.8. The topological polar surface area (TPSA) is 73.8 Å². The van der Waals surface area contributed by atoms with Gasteiger partial charge in [-0.3, -0.25) is 14.8 Å². The molecule has 2 aromatic rings. The van der Waals surface area contributed by atoms with E-state index in [1.54, 1.807) is 7.05 Å². The molecular weight excluding hydrogens is 208 g/mol. The Balaban J connectivity index is 2.79. The average Bonchev–Trinajstić information content (AvgIpc) is 2.46. The zero-order valence-corrected chi connectivity index (χ0v) is 7.89. The number of hydrogen-bond donors (Lipinski definition) is 0. The van der Waals surface area contributed by atoms with E-state index in [1.165, 1.54) is 16.9 Å². The minimum absolute atomic E-state index is 0.119. The molecule has 2 rings (SSSR count). The zero-order valence-electron chi connectivity index (χ0n) is 7.14. The lowest BCUT2D eigenvalue weighted by atomic mass is 10.3. The predicted octanol–water partition coefficient (Wildman–Crippen LogP) is 1.53. The molecule has 0 saturated heterocycles. The van der Waals surface area contributed by atoms with E-state index < -0.39 is 4.92 Å². The third-order valence-corrected chi connectivity index (χ3v) is 2.12. The van der Waals surface area contributed by atoms with Gasteiger partial charge in [0.2, 0.25) is 5.15 Å². The molecule has 0 spiro atoms. The number of nitro groups is 1. The number of rotatable bonds is 1. The standard InChI is InChI=1S/C7H5ClN4O2/c1-11-7-4(3-9-11)2-5(12(13)14)6(8)10-7/h2-3H,1H3. The highest BCUT2D eigenvalue weighted by atomic mass is 35.5. The van der Waals surface area contributed by atoms with Crippen molar-refractivity contribution in [3.8, 4) is 0 Å². The van der Waals surface area contributed by atoms with Gasteiger partial charge in [-0.05, 0) is 0 Å². The van der Waals surface area contributed by atoms with Crippen LogP contribution in [-0.4, -0.2) is 19.7 Å². The van der Waals surface area contributed by atoms with Crippen molar-refractivity contribution >= 4 is 28.3 Å². The summed E-state index contributed by atoms with van der Waals surface area (Å²) in [5, 5.41) is 14.9. The molecule has 0 atom stereocenters. The van der Waals surface area contributed by atoms with Crippen molar-refractivity contribution in [1.29, 1.82) is 0 Å². The van der Waals surface area contributed by atoms with Crippen LogP contribution in [0.4, 0.5) is 5.69 Å². The molecule has 0 radical (unpaired) electrons. The van der Waals surface area contributed by atoms with E-state index in [4.69, 9.17) is 11.6 Å². The third kappa shape index (κ3) is 1.20. The molecule has 0 fully saturated rings. The summed E-state index contributed by atoms with van der Waals surface area (Å²) < 4.78 is 1.50. The monoisotopic (exact) mass is 212 g/mol. The highest BCUT2D eigenvalue weighted by molar-refractivity contribution is 6.31. The van der Waals surface area contributed by atoms with E-state index in [0.29, 0.717) is 11.0 Å². The van der Waals surface area contributed by atoms with Gasteiger partial charge in [0.05, 0.1) is 11.1 Å². The summed E-state index contributed by atoms with van der Waals surface area (Å²) in [5.41, 5.74) is 0.327. The van der Waals surface area contributed by atoms with Gasteiger partial charge in [0.1, 0.15) is 0 Å². The van der Waals surface area contributed by atoms with Crippen molar-refractivity contribution in [2.75, 3.05) is 0 Å². The molecule has 0 aliphatic rings. The number of halogens is 1. The molecule has 0 unspecified atom stereocenters. The number of pyridine rings is 1. The molecule has 0 bridgehead atoms. The molecule has 0 aliphatic carbocycles. The average molecular weight is 213 g/mol. The van der Waals surface area contributed by atoms with Gasteiger partial charge in [-0.25, -0.2) is 4.98 Å². The quantitative estimate of drug-likeness (QED) is 0.408. The van der Waals surface area contributed by atoms with Crippen LogP contribution in [-0.2, 0) is 7.05 Å². The molecule has 14 heavy (non-hydrogen) atoms. The van der Waals surface area contributed by atoms with E-state index in [-0.39, 0.29) is 10.8 Å². The first-order valence-corrected chi connectivity index (χ1v) is 4.10. The Bertz CT molecular complexity index is 522. The third-order valence-electron chi connectivity index (χ3n) is 1.84. The second-order valence-corrected chi connectivity index (χ2v) is 3.09. The van der Waals surface area contributed by atoms with Crippen molar-refractivity contribution in [1.82, 2.24) is 14.8 Å². The molecule has 72 valence electrons. The van der Waals surface area contributed by atoms with Crippen molar-refractivity contribution in [3.63, 3.8) is 0 Å². The van der Waals surface area contributed by atoms with Crippen LogP contribution in [0.1, 0.15) is 0 Å². The minimum Gasteiger partial charge on any atom is -0.258 e. The second-order valence-electron chi connectivity index (χ2n) is 2.74. The maximum absolute atomic E-state index is 10.5. The summed E-state index contributed by atoms with van der Waals surface area (Å²) in [5.74, 6) is 0. The van der Waals surface area contributed by atoms with Crippen LogP contribution in [0.3, 0.4) is 0 Å². The van der Waals surface area contributed by atoms with Gasteiger partial charge in [0.25, 0.3) is 0 Å². The van der Waals surface area contributed by atoms with E-state index in [2.05, 4.69) is 10.1 Å². The minimum atomic E-state index is -0.568. The Kier molecular flexibility index (Phi) is 1.85. The summed E-state index contributed by atoms with van der Waals surface area (Å²) in [6, 6.07) is 1.36. The molecule has 0 amide bonds. The lowest BCUT2D eigenvalue weighted by Crippen LogP contribution is -1.95. The molecule has 0 saturated carbocycles. The zero-order chi connectivity index (χ0) is 10.3. The number of aryl methyl sites for hydroxylation is 1. The highest BCUT2D eigenvalue weighted by Crippen LogP contribution is 2.25. The summed E-state index contributed by atoms with van der Waals surface area (Å²) in [6.45, 7) is 0. The Morgan fingerprint density at radius 1 is 1.64 bits per heavy atom. The van der Waals surface area contributed by atoms with Crippen LogP contribution in [0.15, 0.2) is 12.3 Å². The maximum atomic E-state index is 10.5. The fourth-order valence-electron chi connectivity index (χ4n) is 1.17. The Hall–Kier alpha value is -1.69. The van der Waals surface area contributed by atoms with Crippen molar-refractivity contribution in [3.05, 3.63) is 27.5 Å². The molecule has 6 nitrogen and oxygen atoms in total. The van der Waals surface area contributed by atoms with Gasteiger partial charge in [0, 0.05) is 18.5 Å². The Morgan fingerprint density at radius 2 is 2.36 bits per heavy atom. The highest BCUT2D eigenvalue weighted by Gasteiger charge is 2.16. The summed E-state index contributed by atoms with van der Waals surface area (Å²) in [6.07, 6.45) is 1.51. The molecule has 7 heteroatoms. The normalized spacial score (nSPS) is 10.7. The van der Waals surface area contributed by atoms with Crippen LogP contribution in [0.5, 0.6) is 0 Å². The number of nitrogens with zero attached hydrogens (tertiary/aromatic N) is 4. The summed E-state index contributed by atoms with van der Waals surface area (Å²) in [7, 11) is 1.69. The van der Waals surface area contributed by atoms with Crippen molar-refractivity contribution in [2.24, 2.45) is 7.05 Å². The smallest absolute Gasteiger partial charge is 0.258 e. The fraction of sp³-hybridized carbons (Fsp3) is 0.143. The van der Waals surface area contributed by atoms with Crippen molar-refractivity contribution in [2.45, 2.75) is 0 Å².